The second kappa shape index (κ2) is 8.72. The zero-order valence-corrected chi connectivity index (χ0v) is 15.8. The Kier molecular flexibility index (Phi) is 6.66. The molecule has 0 radical (unpaired) electrons. The maximum Gasteiger partial charge on any atom is -0.0233 e. The van der Waals surface area contributed by atoms with E-state index < -0.39 is 0 Å². The third kappa shape index (κ3) is 5.10. The maximum absolute atomic E-state index is 2.63. The number of hydrogen-bond donors (Lipinski definition) is 0. The van der Waals surface area contributed by atoms with Crippen LogP contribution in [-0.4, -0.2) is 0 Å². The first kappa shape index (κ1) is 17.6. The van der Waals surface area contributed by atoms with Gasteiger partial charge in [0.05, 0.1) is 0 Å². The molecule has 0 aromatic heterocycles. The fraction of sp³-hybridized carbons (Fsp3) is 0.913. The van der Waals surface area contributed by atoms with Crippen LogP contribution in [0.5, 0.6) is 0 Å². The van der Waals surface area contributed by atoms with Crippen molar-refractivity contribution in [3.8, 4) is 0 Å². The number of allylic oxidation sites excluding steroid dienone is 2. The molecule has 0 N–H and O–H groups in total. The van der Waals surface area contributed by atoms with Crippen LogP contribution in [0.2, 0.25) is 0 Å². The normalized spacial score (nSPS) is 42.9. The van der Waals surface area contributed by atoms with Crippen LogP contribution in [0.1, 0.15) is 97.3 Å². The fourth-order valence-corrected chi connectivity index (χ4v) is 5.67. The standard InChI is InChI=1S/C23H40/c1-3-19-10-14-22(15-11-19)23-16-12-21(13-17-23)9-8-20-6-4-18(2)5-7-20/h8-9,18-23H,3-7,10-17H2,1-2H3. The molecular formula is C23H40. The molecule has 3 rings (SSSR count). The molecule has 0 aromatic rings. The van der Waals surface area contributed by atoms with Crippen molar-refractivity contribution in [1.29, 1.82) is 0 Å². The molecule has 0 amide bonds. The fourth-order valence-electron chi connectivity index (χ4n) is 5.67. The summed E-state index contributed by atoms with van der Waals surface area (Å²) >= 11 is 0. The minimum atomic E-state index is 0.910. The topological polar surface area (TPSA) is 0 Å². The Balaban J connectivity index is 1.37. The number of hydrogen-bond acceptors (Lipinski definition) is 0. The maximum atomic E-state index is 2.63. The molecule has 0 aromatic carbocycles. The molecule has 0 heteroatoms. The van der Waals surface area contributed by atoms with Crippen LogP contribution in [0.15, 0.2) is 12.2 Å². The van der Waals surface area contributed by atoms with E-state index in [0.717, 1.165) is 35.5 Å². The van der Waals surface area contributed by atoms with Crippen molar-refractivity contribution in [2.75, 3.05) is 0 Å². The molecule has 0 saturated heterocycles. The van der Waals surface area contributed by atoms with E-state index in [1.807, 2.05) is 0 Å². The van der Waals surface area contributed by atoms with Crippen molar-refractivity contribution in [3.63, 3.8) is 0 Å². The summed E-state index contributed by atoms with van der Waals surface area (Å²) in [4.78, 5) is 0. The van der Waals surface area contributed by atoms with Gasteiger partial charge in [-0.1, -0.05) is 58.1 Å². The molecule has 132 valence electrons. The van der Waals surface area contributed by atoms with Crippen LogP contribution in [0, 0.1) is 35.5 Å². The van der Waals surface area contributed by atoms with E-state index in [9.17, 15) is 0 Å². The minimum absolute atomic E-state index is 0.910. The molecule has 23 heavy (non-hydrogen) atoms. The molecule has 0 nitrogen and oxygen atoms in total. The summed E-state index contributed by atoms with van der Waals surface area (Å²) in [6, 6.07) is 0. The first-order valence-corrected chi connectivity index (χ1v) is 10.9. The van der Waals surface area contributed by atoms with Gasteiger partial charge >= 0.3 is 0 Å². The average molecular weight is 317 g/mol. The third-order valence-electron chi connectivity index (χ3n) is 7.67. The van der Waals surface area contributed by atoms with E-state index in [0.29, 0.717) is 0 Å². The molecule has 3 aliphatic rings. The van der Waals surface area contributed by atoms with Crippen molar-refractivity contribution in [2.24, 2.45) is 35.5 Å². The van der Waals surface area contributed by atoms with Gasteiger partial charge in [0.15, 0.2) is 0 Å². The Hall–Kier alpha value is -0.260. The highest BCUT2D eigenvalue weighted by molar-refractivity contribution is 4.96. The van der Waals surface area contributed by atoms with E-state index in [1.165, 1.54) is 70.6 Å². The Bertz CT molecular complexity index is 344. The molecular weight excluding hydrogens is 276 g/mol. The van der Waals surface area contributed by atoms with Gasteiger partial charge in [0.1, 0.15) is 0 Å². The van der Waals surface area contributed by atoms with Gasteiger partial charge in [0.25, 0.3) is 0 Å². The van der Waals surface area contributed by atoms with Gasteiger partial charge in [-0.05, 0) is 86.9 Å². The summed E-state index contributed by atoms with van der Waals surface area (Å²) in [5, 5.41) is 0. The lowest BCUT2D eigenvalue weighted by molar-refractivity contribution is 0.154. The molecule has 0 unspecified atom stereocenters. The SMILES string of the molecule is CCC1CCC(C2CCC(C=CC3CCC(C)CC3)CC2)CC1. The highest BCUT2D eigenvalue weighted by Gasteiger charge is 2.30. The van der Waals surface area contributed by atoms with Crippen LogP contribution in [0.4, 0.5) is 0 Å². The monoisotopic (exact) mass is 316 g/mol. The summed E-state index contributed by atoms with van der Waals surface area (Å²) < 4.78 is 0. The van der Waals surface area contributed by atoms with Gasteiger partial charge in [-0.25, -0.2) is 0 Å². The van der Waals surface area contributed by atoms with Crippen LogP contribution in [-0.2, 0) is 0 Å². The van der Waals surface area contributed by atoms with E-state index in [-0.39, 0.29) is 0 Å². The highest BCUT2D eigenvalue weighted by atomic mass is 14.4. The Morgan fingerprint density at radius 2 is 1.04 bits per heavy atom. The second-order valence-electron chi connectivity index (χ2n) is 9.27. The molecule has 0 atom stereocenters. The smallest absolute Gasteiger partial charge is 0.0233 e. The van der Waals surface area contributed by atoms with Crippen molar-refractivity contribution in [2.45, 2.75) is 97.3 Å². The van der Waals surface area contributed by atoms with Crippen molar-refractivity contribution in [3.05, 3.63) is 12.2 Å². The molecule has 0 aliphatic heterocycles. The quantitative estimate of drug-likeness (QED) is 0.474. The lowest BCUT2D eigenvalue weighted by Crippen LogP contribution is -2.25. The lowest BCUT2D eigenvalue weighted by Gasteiger charge is -2.37. The Labute approximate surface area is 145 Å². The Morgan fingerprint density at radius 3 is 1.52 bits per heavy atom. The minimum Gasteiger partial charge on any atom is -0.0851 e. The van der Waals surface area contributed by atoms with Crippen LogP contribution < -0.4 is 0 Å². The second-order valence-corrected chi connectivity index (χ2v) is 9.27. The van der Waals surface area contributed by atoms with E-state index in [1.54, 1.807) is 12.8 Å². The summed E-state index contributed by atoms with van der Waals surface area (Å²) in [5.41, 5.74) is 0. The molecule has 3 fully saturated rings. The van der Waals surface area contributed by atoms with Gasteiger partial charge in [-0.2, -0.15) is 0 Å². The average Bonchev–Trinajstić information content (AvgIpc) is 2.62. The van der Waals surface area contributed by atoms with Crippen LogP contribution >= 0.6 is 0 Å². The van der Waals surface area contributed by atoms with Gasteiger partial charge in [0.2, 0.25) is 0 Å². The molecule has 0 spiro atoms. The largest absolute Gasteiger partial charge is 0.0851 e. The van der Waals surface area contributed by atoms with Crippen LogP contribution in [0.3, 0.4) is 0 Å². The van der Waals surface area contributed by atoms with E-state index in [2.05, 4.69) is 26.0 Å². The van der Waals surface area contributed by atoms with Crippen molar-refractivity contribution >= 4 is 0 Å². The van der Waals surface area contributed by atoms with E-state index >= 15 is 0 Å². The van der Waals surface area contributed by atoms with Gasteiger partial charge in [-0.15, -0.1) is 0 Å². The third-order valence-corrected chi connectivity index (χ3v) is 7.67. The van der Waals surface area contributed by atoms with Crippen molar-refractivity contribution in [1.82, 2.24) is 0 Å². The molecule has 0 bridgehead atoms. The summed E-state index contributed by atoms with van der Waals surface area (Å²) in [6.45, 7) is 4.81. The first-order valence-electron chi connectivity index (χ1n) is 10.9. The highest BCUT2D eigenvalue weighted by Crippen LogP contribution is 2.42. The Morgan fingerprint density at radius 1 is 0.609 bits per heavy atom. The first-order chi connectivity index (χ1) is 11.2. The number of rotatable bonds is 4. The summed E-state index contributed by atoms with van der Waals surface area (Å²) in [7, 11) is 0. The summed E-state index contributed by atoms with van der Waals surface area (Å²) in [5.74, 6) is 6.03. The molecule has 3 aliphatic carbocycles. The molecule has 0 heterocycles. The zero-order chi connectivity index (χ0) is 16.1. The molecule has 3 saturated carbocycles. The predicted octanol–water partition coefficient (Wildman–Crippen LogP) is 7.39. The summed E-state index contributed by atoms with van der Waals surface area (Å²) in [6.07, 6.45) is 24.7. The van der Waals surface area contributed by atoms with Gasteiger partial charge in [-0.3, -0.25) is 0 Å². The van der Waals surface area contributed by atoms with Crippen molar-refractivity contribution < 1.29 is 0 Å². The predicted molar refractivity (Wildman–Crippen MR) is 101 cm³/mol. The van der Waals surface area contributed by atoms with Gasteiger partial charge in [0, 0.05) is 0 Å². The van der Waals surface area contributed by atoms with Gasteiger partial charge < -0.3 is 0 Å². The zero-order valence-electron chi connectivity index (χ0n) is 15.8. The lowest BCUT2D eigenvalue weighted by atomic mass is 9.69. The van der Waals surface area contributed by atoms with E-state index in [4.69, 9.17) is 0 Å². The van der Waals surface area contributed by atoms with Crippen LogP contribution in [0.25, 0.3) is 0 Å².